The van der Waals surface area contributed by atoms with Crippen LogP contribution in [0, 0.1) is 0 Å². The Morgan fingerprint density at radius 1 is 1.19 bits per heavy atom. The normalized spacial score (nSPS) is 27.3. The van der Waals surface area contributed by atoms with Gasteiger partial charge in [0.15, 0.2) is 0 Å². The lowest BCUT2D eigenvalue weighted by atomic mass is 10.1. The minimum atomic E-state index is -0.676. The topological polar surface area (TPSA) is 23.6 Å². The zero-order chi connectivity index (χ0) is 11.4. The van der Waals surface area contributed by atoms with E-state index in [-0.39, 0.29) is 5.91 Å². The summed E-state index contributed by atoms with van der Waals surface area (Å²) in [5.74, 6) is 0.252. The van der Waals surface area contributed by atoms with Crippen LogP contribution in [0.1, 0.15) is 32.1 Å². The lowest BCUT2D eigenvalue weighted by Crippen LogP contribution is -2.37. The van der Waals surface area contributed by atoms with Crippen LogP contribution >= 0.6 is 0 Å². The van der Waals surface area contributed by atoms with Crippen LogP contribution in [0.5, 0.6) is 0 Å². The van der Waals surface area contributed by atoms with Crippen LogP contribution in [-0.2, 0) is 4.79 Å². The Bertz CT molecular complexity index is 241. The van der Waals surface area contributed by atoms with Gasteiger partial charge in [-0.25, -0.2) is 4.39 Å². The van der Waals surface area contributed by atoms with Crippen LogP contribution < -0.4 is 0 Å². The molecule has 1 atom stereocenters. The summed E-state index contributed by atoms with van der Waals surface area (Å²) in [6.07, 6.45) is 4.05. The molecule has 0 N–H and O–H groups in total. The summed E-state index contributed by atoms with van der Waals surface area (Å²) in [5.41, 5.74) is 0. The van der Waals surface area contributed by atoms with Gasteiger partial charge in [-0.2, -0.15) is 0 Å². The van der Waals surface area contributed by atoms with Crippen molar-refractivity contribution in [3.63, 3.8) is 0 Å². The van der Waals surface area contributed by atoms with Crippen molar-refractivity contribution in [1.82, 2.24) is 9.80 Å². The highest BCUT2D eigenvalue weighted by Gasteiger charge is 2.23. The number of piperidine rings is 1. The van der Waals surface area contributed by atoms with Crippen LogP contribution in [0.25, 0.3) is 0 Å². The molecule has 16 heavy (non-hydrogen) atoms. The third-order valence-electron chi connectivity index (χ3n) is 3.57. The number of rotatable bonds is 3. The number of alkyl halides is 1. The van der Waals surface area contributed by atoms with E-state index in [0.29, 0.717) is 19.4 Å². The number of hydrogen-bond acceptors (Lipinski definition) is 2. The summed E-state index contributed by atoms with van der Waals surface area (Å²) in [6.45, 7) is 3.91. The first-order chi connectivity index (χ1) is 7.75. The number of nitrogens with zero attached hydrogens (tertiary/aromatic N) is 2. The minimum absolute atomic E-state index is 0.252. The maximum Gasteiger partial charge on any atom is 0.223 e. The molecule has 2 aliphatic rings. The Labute approximate surface area is 96.6 Å². The summed E-state index contributed by atoms with van der Waals surface area (Å²) >= 11 is 0. The summed E-state index contributed by atoms with van der Waals surface area (Å²) < 4.78 is 12.9. The van der Waals surface area contributed by atoms with E-state index in [9.17, 15) is 9.18 Å². The van der Waals surface area contributed by atoms with E-state index in [1.54, 1.807) is 0 Å². The van der Waals surface area contributed by atoms with Gasteiger partial charge < -0.3 is 4.90 Å². The lowest BCUT2D eigenvalue weighted by Gasteiger charge is -2.27. The van der Waals surface area contributed by atoms with Gasteiger partial charge in [0.25, 0.3) is 0 Å². The Morgan fingerprint density at radius 3 is 2.56 bits per heavy atom. The van der Waals surface area contributed by atoms with E-state index in [1.807, 2.05) is 4.90 Å². The molecule has 2 saturated heterocycles. The molecule has 0 aromatic heterocycles. The standard InChI is InChI=1S/C12H21FN2O/c13-11-4-8-14(10-11)9-5-12(16)15-6-2-1-3-7-15/h11H,1-10H2/t11-/m0/s1. The monoisotopic (exact) mass is 228 g/mol. The molecule has 0 unspecified atom stereocenters. The molecule has 4 heteroatoms. The average Bonchev–Trinajstić information content (AvgIpc) is 2.73. The number of carbonyl (C=O) groups is 1. The molecular weight excluding hydrogens is 207 g/mol. The van der Waals surface area contributed by atoms with E-state index in [0.717, 1.165) is 39.0 Å². The number of carbonyl (C=O) groups excluding carboxylic acids is 1. The lowest BCUT2D eigenvalue weighted by molar-refractivity contribution is -0.132. The van der Waals surface area contributed by atoms with Gasteiger partial charge in [-0.1, -0.05) is 0 Å². The van der Waals surface area contributed by atoms with Crippen molar-refractivity contribution in [1.29, 1.82) is 0 Å². The second-order valence-electron chi connectivity index (χ2n) is 4.88. The molecule has 1 amide bonds. The van der Waals surface area contributed by atoms with Crippen molar-refractivity contribution in [2.45, 2.75) is 38.3 Å². The van der Waals surface area contributed by atoms with Crippen molar-refractivity contribution in [3.8, 4) is 0 Å². The summed E-state index contributed by atoms with van der Waals surface area (Å²) in [6, 6.07) is 0. The second kappa shape index (κ2) is 5.62. The van der Waals surface area contributed by atoms with Crippen LogP contribution in [0.2, 0.25) is 0 Å². The summed E-state index contributed by atoms with van der Waals surface area (Å²) in [4.78, 5) is 15.9. The first-order valence-corrected chi connectivity index (χ1v) is 6.40. The molecule has 0 spiro atoms. The molecule has 0 aromatic rings. The maximum atomic E-state index is 12.9. The minimum Gasteiger partial charge on any atom is -0.343 e. The Kier molecular flexibility index (Phi) is 4.16. The smallest absolute Gasteiger partial charge is 0.223 e. The number of halogens is 1. The molecule has 92 valence electrons. The SMILES string of the molecule is O=C(CCN1CC[C@H](F)C1)N1CCCCC1. The van der Waals surface area contributed by atoms with Gasteiger partial charge in [-0.15, -0.1) is 0 Å². The number of likely N-dealkylation sites (tertiary alicyclic amines) is 2. The van der Waals surface area contributed by atoms with Gasteiger partial charge in [-0.3, -0.25) is 9.69 Å². The van der Waals surface area contributed by atoms with E-state index < -0.39 is 6.17 Å². The van der Waals surface area contributed by atoms with Crippen molar-refractivity contribution >= 4 is 5.91 Å². The Hall–Kier alpha value is -0.640. The Balaban J connectivity index is 1.66. The predicted molar refractivity (Wildman–Crippen MR) is 61.0 cm³/mol. The second-order valence-corrected chi connectivity index (χ2v) is 4.88. The van der Waals surface area contributed by atoms with Gasteiger partial charge in [0.2, 0.25) is 5.91 Å². The third kappa shape index (κ3) is 3.17. The summed E-state index contributed by atoms with van der Waals surface area (Å²) in [7, 11) is 0. The molecule has 2 aliphatic heterocycles. The molecular formula is C12H21FN2O. The van der Waals surface area contributed by atoms with Crippen molar-refractivity contribution in [2.24, 2.45) is 0 Å². The number of hydrogen-bond donors (Lipinski definition) is 0. The zero-order valence-electron chi connectivity index (χ0n) is 9.83. The highest BCUT2D eigenvalue weighted by Crippen LogP contribution is 2.14. The average molecular weight is 228 g/mol. The van der Waals surface area contributed by atoms with Crippen LogP contribution in [0.15, 0.2) is 0 Å². The fourth-order valence-corrected chi connectivity index (χ4v) is 2.54. The molecule has 0 aromatic carbocycles. The van der Waals surface area contributed by atoms with Gasteiger partial charge in [0, 0.05) is 39.1 Å². The third-order valence-corrected chi connectivity index (χ3v) is 3.57. The van der Waals surface area contributed by atoms with E-state index in [1.165, 1.54) is 6.42 Å². The molecule has 2 fully saturated rings. The molecule has 0 radical (unpaired) electrons. The zero-order valence-corrected chi connectivity index (χ0v) is 9.83. The fourth-order valence-electron chi connectivity index (χ4n) is 2.54. The van der Waals surface area contributed by atoms with E-state index in [4.69, 9.17) is 0 Å². The van der Waals surface area contributed by atoms with Crippen LogP contribution in [0.3, 0.4) is 0 Å². The molecule has 0 aliphatic carbocycles. The first kappa shape index (κ1) is 11.8. The van der Waals surface area contributed by atoms with Gasteiger partial charge in [-0.05, 0) is 25.7 Å². The van der Waals surface area contributed by atoms with Crippen molar-refractivity contribution in [2.75, 3.05) is 32.7 Å². The van der Waals surface area contributed by atoms with Crippen molar-refractivity contribution in [3.05, 3.63) is 0 Å². The van der Waals surface area contributed by atoms with Crippen LogP contribution in [0.4, 0.5) is 4.39 Å². The number of amides is 1. The molecule has 2 heterocycles. The Morgan fingerprint density at radius 2 is 1.94 bits per heavy atom. The maximum absolute atomic E-state index is 12.9. The molecule has 0 bridgehead atoms. The van der Waals surface area contributed by atoms with E-state index in [2.05, 4.69) is 4.90 Å². The first-order valence-electron chi connectivity index (χ1n) is 6.40. The van der Waals surface area contributed by atoms with Gasteiger partial charge in [0.05, 0.1) is 0 Å². The highest BCUT2D eigenvalue weighted by molar-refractivity contribution is 5.76. The molecule has 3 nitrogen and oxygen atoms in total. The fraction of sp³-hybridized carbons (Fsp3) is 0.917. The van der Waals surface area contributed by atoms with Crippen molar-refractivity contribution < 1.29 is 9.18 Å². The van der Waals surface area contributed by atoms with E-state index >= 15 is 0 Å². The summed E-state index contributed by atoms with van der Waals surface area (Å²) in [5, 5.41) is 0. The van der Waals surface area contributed by atoms with Gasteiger partial charge >= 0.3 is 0 Å². The van der Waals surface area contributed by atoms with Gasteiger partial charge in [0.1, 0.15) is 6.17 Å². The highest BCUT2D eigenvalue weighted by atomic mass is 19.1. The quantitative estimate of drug-likeness (QED) is 0.729. The predicted octanol–water partition coefficient (Wildman–Crippen LogP) is 1.43. The molecule has 0 saturated carbocycles. The van der Waals surface area contributed by atoms with Crippen LogP contribution in [-0.4, -0.2) is 54.6 Å². The molecule has 2 rings (SSSR count). The largest absolute Gasteiger partial charge is 0.343 e.